The lowest BCUT2D eigenvalue weighted by Gasteiger charge is -2.33. The van der Waals surface area contributed by atoms with Gasteiger partial charge in [-0.3, -0.25) is 9.59 Å². The van der Waals surface area contributed by atoms with Gasteiger partial charge in [-0.2, -0.15) is 0 Å². The van der Waals surface area contributed by atoms with Gasteiger partial charge in [0.05, 0.1) is 12.0 Å². The van der Waals surface area contributed by atoms with Crippen LogP contribution in [0.2, 0.25) is 0 Å². The summed E-state index contributed by atoms with van der Waals surface area (Å²) in [4.78, 5) is 31.3. The second-order valence-electron chi connectivity index (χ2n) is 7.09. The van der Waals surface area contributed by atoms with E-state index < -0.39 is 0 Å². The molecule has 2 atom stereocenters. The molecule has 2 amide bonds. The number of likely N-dealkylation sites (tertiary alicyclic amines) is 1. The monoisotopic (exact) mass is 333 g/mol. The number of thiazole rings is 1. The lowest BCUT2D eigenvalue weighted by molar-refractivity contribution is -0.137. The topological polar surface area (TPSA) is 62.3 Å². The Hall–Kier alpha value is -1.43. The van der Waals surface area contributed by atoms with Crippen LogP contribution in [0.15, 0.2) is 11.6 Å². The Morgan fingerprint density at radius 2 is 2.04 bits per heavy atom. The summed E-state index contributed by atoms with van der Waals surface area (Å²) in [6.07, 6.45) is 8.01. The molecule has 0 spiro atoms. The van der Waals surface area contributed by atoms with E-state index in [-0.39, 0.29) is 29.7 Å². The van der Waals surface area contributed by atoms with E-state index in [0.717, 1.165) is 37.2 Å². The minimum absolute atomic E-state index is 0.0623. The van der Waals surface area contributed by atoms with Crippen LogP contribution in [0.25, 0.3) is 0 Å². The van der Waals surface area contributed by atoms with E-state index in [0.29, 0.717) is 12.5 Å². The summed E-state index contributed by atoms with van der Waals surface area (Å²) in [7, 11) is 0. The molecule has 2 aliphatic carbocycles. The molecule has 2 heterocycles. The molecule has 6 heteroatoms. The molecule has 0 bridgehead atoms. The fourth-order valence-electron chi connectivity index (χ4n) is 3.45. The number of aromatic nitrogens is 1. The van der Waals surface area contributed by atoms with Crippen molar-refractivity contribution in [2.45, 2.75) is 44.6 Å². The molecule has 4 rings (SSSR count). The third-order valence-electron chi connectivity index (χ3n) is 5.14. The van der Waals surface area contributed by atoms with Crippen LogP contribution in [0.5, 0.6) is 0 Å². The van der Waals surface area contributed by atoms with Gasteiger partial charge < -0.3 is 10.2 Å². The zero-order valence-corrected chi connectivity index (χ0v) is 14.1. The van der Waals surface area contributed by atoms with Crippen LogP contribution in [0.1, 0.15) is 49.6 Å². The fourth-order valence-corrected chi connectivity index (χ4v) is 4.23. The van der Waals surface area contributed by atoms with Crippen LogP contribution in [-0.4, -0.2) is 34.8 Å². The fraction of sp³-hybridized carbons (Fsp3) is 0.706. The number of carbonyl (C=O) groups is 2. The van der Waals surface area contributed by atoms with E-state index >= 15 is 0 Å². The average Bonchev–Trinajstić information content (AvgIpc) is 3.50. The Kier molecular flexibility index (Phi) is 4.09. The van der Waals surface area contributed by atoms with Crippen molar-refractivity contribution in [3.8, 4) is 0 Å². The zero-order chi connectivity index (χ0) is 15.8. The van der Waals surface area contributed by atoms with Gasteiger partial charge in [0.25, 0.3) is 0 Å². The van der Waals surface area contributed by atoms with Crippen LogP contribution in [0, 0.1) is 17.8 Å². The molecule has 1 aliphatic heterocycles. The van der Waals surface area contributed by atoms with Crippen molar-refractivity contribution < 1.29 is 9.59 Å². The van der Waals surface area contributed by atoms with Crippen molar-refractivity contribution in [3.05, 3.63) is 16.6 Å². The molecule has 124 valence electrons. The smallest absolute Gasteiger partial charge is 0.225 e. The van der Waals surface area contributed by atoms with E-state index in [9.17, 15) is 9.59 Å². The zero-order valence-electron chi connectivity index (χ0n) is 13.2. The summed E-state index contributed by atoms with van der Waals surface area (Å²) in [5.74, 6) is 1.09. The number of rotatable bonds is 5. The number of nitrogens with zero attached hydrogens (tertiary/aromatic N) is 2. The third-order valence-corrected chi connectivity index (χ3v) is 6.00. The SMILES string of the molecule is O=C(NC(c1nccs1)C1CC1)C1CCCN(C(=O)C2CC2)C1. The van der Waals surface area contributed by atoms with E-state index in [4.69, 9.17) is 0 Å². The third kappa shape index (κ3) is 3.42. The molecule has 1 saturated heterocycles. The Balaban J connectivity index is 1.38. The predicted molar refractivity (Wildman–Crippen MR) is 87.7 cm³/mol. The Labute approximate surface area is 140 Å². The Morgan fingerprint density at radius 3 is 2.70 bits per heavy atom. The molecule has 2 unspecified atom stereocenters. The number of carbonyl (C=O) groups excluding carboxylic acids is 2. The lowest BCUT2D eigenvalue weighted by atomic mass is 9.96. The minimum atomic E-state index is -0.0623. The molecule has 3 fully saturated rings. The van der Waals surface area contributed by atoms with Crippen LogP contribution in [0.3, 0.4) is 0 Å². The molecular weight excluding hydrogens is 310 g/mol. The van der Waals surface area contributed by atoms with Crippen LogP contribution >= 0.6 is 11.3 Å². The molecule has 0 aromatic carbocycles. The molecule has 2 saturated carbocycles. The highest BCUT2D eigenvalue weighted by Crippen LogP contribution is 2.42. The first kappa shape index (κ1) is 15.1. The van der Waals surface area contributed by atoms with Gasteiger partial charge >= 0.3 is 0 Å². The molecule has 3 aliphatic rings. The second-order valence-corrected chi connectivity index (χ2v) is 8.02. The van der Waals surface area contributed by atoms with Gasteiger partial charge in [0.1, 0.15) is 5.01 Å². The first-order chi connectivity index (χ1) is 11.2. The van der Waals surface area contributed by atoms with E-state index in [2.05, 4.69) is 10.3 Å². The molecule has 1 aromatic heterocycles. The Bertz CT molecular complexity index is 581. The standard InChI is InChI=1S/C17H23N3O2S/c21-15(19-14(11-3-4-11)16-18-7-9-23-16)13-2-1-8-20(10-13)17(22)12-5-6-12/h7,9,11-14H,1-6,8,10H2,(H,19,21). The van der Waals surface area contributed by atoms with Gasteiger partial charge in [0.15, 0.2) is 0 Å². The summed E-state index contributed by atoms with van der Waals surface area (Å²) in [5, 5.41) is 6.21. The number of hydrogen-bond donors (Lipinski definition) is 1. The molecule has 5 nitrogen and oxygen atoms in total. The number of amides is 2. The summed E-state index contributed by atoms with van der Waals surface area (Å²) >= 11 is 1.62. The Morgan fingerprint density at radius 1 is 1.22 bits per heavy atom. The number of piperidine rings is 1. The molecule has 0 radical (unpaired) electrons. The highest BCUT2D eigenvalue weighted by Gasteiger charge is 2.39. The quantitative estimate of drug-likeness (QED) is 0.900. The van der Waals surface area contributed by atoms with Crippen molar-refractivity contribution in [1.82, 2.24) is 15.2 Å². The predicted octanol–water partition coefficient (Wildman–Crippen LogP) is 2.36. The summed E-state index contributed by atoms with van der Waals surface area (Å²) in [6, 6.07) is 0.0667. The highest BCUT2D eigenvalue weighted by molar-refractivity contribution is 7.09. The van der Waals surface area contributed by atoms with Gasteiger partial charge in [-0.05, 0) is 44.4 Å². The van der Waals surface area contributed by atoms with Gasteiger partial charge in [-0.15, -0.1) is 11.3 Å². The van der Waals surface area contributed by atoms with E-state index in [1.165, 1.54) is 12.8 Å². The normalized spacial score (nSPS) is 25.9. The van der Waals surface area contributed by atoms with Gasteiger partial charge in [0, 0.05) is 30.6 Å². The highest BCUT2D eigenvalue weighted by atomic mass is 32.1. The first-order valence-corrected chi connectivity index (χ1v) is 9.59. The van der Waals surface area contributed by atoms with Crippen LogP contribution in [-0.2, 0) is 9.59 Å². The molecule has 23 heavy (non-hydrogen) atoms. The molecular formula is C17H23N3O2S. The summed E-state index contributed by atoms with van der Waals surface area (Å²) < 4.78 is 0. The summed E-state index contributed by atoms with van der Waals surface area (Å²) in [6.45, 7) is 1.41. The number of hydrogen-bond acceptors (Lipinski definition) is 4. The summed E-state index contributed by atoms with van der Waals surface area (Å²) in [5.41, 5.74) is 0. The van der Waals surface area contributed by atoms with Gasteiger partial charge in [-0.25, -0.2) is 4.98 Å². The van der Waals surface area contributed by atoms with Crippen LogP contribution in [0.4, 0.5) is 0 Å². The molecule has 1 aromatic rings. The van der Waals surface area contributed by atoms with E-state index in [1.807, 2.05) is 10.3 Å². The molecule has 1 N–H and O–H groups in total. The van der Waals surface area contributed by atoms with E-state index in [1.54, 1.807) is 17.5 Å². The van der Waals surface area contributed by atoms with Gasteiger partial charge in [-0.1, -0.05) is 0 Å². The van der Waals surface area contributed by atoms with Crippen molar-refractivity contribution in [2.75, 3.05) is 13.1 Å². The second kappa shape index (κ2) is 6.23. The maximum atomic E-state index is 12.7. The van der Waals surface area contributed by atoms with Crippen molar-refractivity contribution in [1.29, 1.82) is 0 Å². The van der Waals surface area contributed by atoms with Crippen molar-refractivity contribution >= 4 is 23.2 Å². The maximum Gasteiger partial charge on any atom is 0.225 e. The number of nitrogens with one attached hydrogen (secondary N) is 1. The minimum Gasteiger partial charge on any atom is -0.346 e. The van der Waals surface area contributed by atoms with Crippen LogP contribution < -0.4 is 5.32 Å². The maximum absolute atomic E-state index is 12.7. The lowest BCUT2D eigenvalue weighted by Crippen LogP contribution is -2.46. The van der Waals surface area contributed by atoms with Crippen molar-refractivity contribution in [2.24, 2.45) is 17.8 Å². The largest absolute Gasteiger partial charge is 0.346 e. The average molecular weight is 333 g/mol. The van der Waals surface area contributed by atoms with Gasteiger partial charge in [0.2, 0.25) is 11.8 Å². The van der Waals surface area contributed by atoms with Crippen molar-refractivity contribution in [3.63, 3.8) is 0 Å². The first-order valence-electron chi connectivity index (χ1n) is 8.71.